The minimum absolute atomic E-state index is 0.0230. The zero-order chi connectivity index (χ0) is 21.1. The Balaban J connectivity index is 2.79. The first-order valence-corrected chi connectivity index (χ1v) is 9.97. The van der Waals surface area contributed by atoms with Crippen molar-refractivity contribution in [3.63, 3.8) is 0 Å². The molecule has 156 valence electrons. The largest absolute Gasteiger partial charge is 0.480 e. The van der Waals surface area contributed by atoms with Crippen molar-refractivity contribution in [3.8, 4) is 0 Å². The van der Waals surface area contributed by atoms with E-state index in [9.17, 15) is 24.3 Å². The normalized spacial score (nSPS) is 13.9. The Kier molecular flexibility index (Phi) is 10.0. The van der Waals surface area contributed by atoms with E-state index in [1.807, 2.05) is 6.26 Å². The number of carboxylic acid groups (broad SMARTS) is 1. The smallest absolute Gasteiger partial charge is 0.326 e. The highest BCUT2D eigenvalue weighted by Crippen LogP contribution is 2.04. The molecule has 3 atom stereocenters. The third-order valence-corrected chi connectivity index (χ3v) is 4.52. The van der Waals surface area contributed by atoms with Gasteiger partial charge in [-0.05, 0) is 24.9 Å². The molecule has 0 radical (unpaired) electrons. The number of primary amides is 1. The van der Waals surface area contributed by atoms with E-state index in [0.717, 1.165) is 0 Å². The molecule has 12 heteroatoms. The van der Waals surface area contributed by atoms with Gasteiger partial charge in [-0.1, -0.05) is 0 Å². The molecule has 1 rings (SSSR count). The Morgan fingerprint density at radius 2 is 1.89 bits per heavy atom. The number of hydrogen-bond acceptors (Lipinski definition) is 7. The van der Waals surface area contributed by atoms with Crippen LogP contribution >= 0.6 is 11.8 Å². The van der Waals surface area contributed by atoms with Gasteiger partial charge in [0, 0.05) is 24.7 Å². The van der Waals surface area contributed by atoms with Crippen LogP contribution in [0.2, 0.25) is 0 Å². The number of nitrogens with two attached hydrogens (primary N) is 2. The first-order chi connectivity index (χ1) is 13.2. The number of thioether (sulfide) groups is 1. The maximum atomic E-state index is 12.6. The number of carboxylic acids is 1. The summed E-state index contributed by atoms with van der Waals surface area (Å²) in [5.41, 5.74) is 11.4. The van der Waals surface area contributed by atoms with E-state index in [1.165, 1.54) is 24.3 Å². The fourth-order valence-corrected chi connectivity index (χ4v) is 2.79. The molecule has 0 unspecified atom stereocenters. The highest BCUT2D eigenvalue weighted by molar-refractivity contribution is 7.98. The summed E-state index contributed by atoms with van der Waals surface area (Å²) in [7, 11) is 0. The molecular formula is C16H26N6O5S. The third-order valence-electron chi connectivity index (χ3n) is 3.88. The molecule has 0 aromatic carbocycles. The molecule has 0 saturated carbocycles. The van der Waals surface area contributed by atoms with E-state index >= 15 is 0 Å². The van der Waals surface area contributed by atoms with Gasteiger partial charge in [-0.3, -0.25) is 14.4 Å². The summed E-state index contributed by atoms with van der Waals surface area (Å²) in [5.74, 6) is -2.53. The number of rotatable bonds is 13. The molecule has 1 aromatic heterocycles. The second-order valence-corrected chi connectivity index (χ2v) is 7.12. The number of nitrogens with one attached hydrogen (secondary N) is 3. The lowest BCUT2D eigenvalue weighted by Gasteiger charge is -2.22. The van der Waals surface area contributed by atoms with Crippen LogP contribution in [-0.4, -0.2) is 68.9 Å². The predicted molar refractivity (Wildman–Crippen MR) is 103 cm³/mol. The van der Waals surface area contributed by atoms with Crippen molar-refractivity contribution in [2.75, 3.05) is 12.0 Å². The van der Waals surface area contributed by atoms with Gasteiger partial charge in [-0.15, -0.1) is 0 Å². The lowest BCUT2D eigenvalue weighted by Crippen LogP contribution is -2.55. The molecule has 8 N–H and O–H groups in total. The average molecular weight is 414 g/mol. The zero-order valence-corrected chi connectivity index (χ0v) is 16.3. The number of carbonyl (C=O) groups excluding carboxylic acids is 3. The minimum atomic E-state index is -1.25. The van der Waals surface area contributed by atoms with Crippen LogP contribution < -0.4 is 22.1 Å². The molecule has 0 fully saturated rings. The number of aromatic amines is 1. The molecule has 1 aromatic rings. The molecule has 0 bridgehead atoms. The summed E-state index contributed by atoms with van der Waals surface area (Å²) >= 11 is 1.53. The van der Waals surface area contributed by atoms with Crippen LogP contribution in [0.25, 0.3) is 0 Å². The molecule has 0 saturated heterocycles. The van der Waals surface area contributed by atoms with Crippen molar-refractivity contribution in [2.24, 2.45) is 11.5 Å². The highest BCUT2D eigenvalue weighted by atomic mass is 32.2. The molecule has 1 heterocycles. The maximum Gasteiger partial charge on any atom is 0.326 e. The van der Waals surface area contributed by atoms with Gasteiger partial charge in [0.15, 0.2) is 0 Å². The van der Waals surface area contributed by atoms with E-state index in [1.54, 1.807) is 0 Å². The number of amides is 3. The molecule has 11 nitrogen and oxygen atoms in total. The fraction of sp³-hybridized carbons (Fsp3) is 0.562. The molecule has 28 heavy (non-hydrogen) atoms. The molecule has 0 aliphatic rings. The van der Waals surface area contributed by atoms with Crippen molar-refractivity contribution in [1.82, 2.24) is 20.6 Å². The first kappa shape index (κ1) is 23.4. The average Bonchev–Trinajstić information content (AvgIpc) is 3.14. The van der Waals surface area contributed by atoms with Crippen LogP contribution in [0.4, 0.5) is 0 Å². The third kappa shape index (κ3) is 8.39. The van der Waals surface area contributed by atoms with E-state index in [4.69, 9.17) is 11.5 Å². The first-order valence-electron chi connectivity index (χ1n) is 8.58. The molecule has 3 amide bonds. The van der Waals surface area contributed by atoms with E-state index in [0.29, 0.717) is 17.9 Å². The summed E-state index contributed by atoms with van der Waals surface area (Å²) in [5, 5.41) is 14.2. The number of aliphatic carboxylic acids is 1. The molecular weight excluding hydrogens is 388 g/mol. The van der Waals surface area contributed by atoms with Gasteiger partial charge >= 0.3 is 5.97 Å². The van der Waals surface area contributed by atoms with Gasteiger partial charge in [0.05, 0.1) is 12.4 Å². The van der Waals surface area contributed by atoms with Gasteiger partial charge in [-0.2, -0.15) is 11.8 Å². The Morgan fingerprint density at radius 3 is 2.43 bits per heavy atom. The van der Waals surface area contributed by atoms with Crippen LogP contribution in [0.15, 0.2) is 12.5 Å². The van der Waals surface area contributed by atoms with Crippen molar-refractivity contribution < 1.29 is 24.3 Å². The van der Waals surface area contributed by atoms with Crippen LogP contribution in [0.1, 0.15) is 25.0 Å². The lowest BCUT2D eigenvalue weighted by molar-refractivity contribution is -0.142. The van der Waals surface area contributed by atoms with Crippen molar-refractivity contribution in [3.05, 3.63) is 18.2 Å². The number of H-pyrrole nitrogens is 1. The Hall–Kier alpha value is -2.60. The van der Waals surface area contributed by atoms with E-state index in [2.05, 4.69) is 20.6 Å². The summed E-state index contributed by atoms with van der Waals surface area (Å²) < 4.78 is 0. The number of nitrogens with zero attached hydrogens (tertiary/aromatic N) is 1. The fourth-order valence-electron chi connectivity index (χ4n) is 2.30. The van der Waals surface area contributed by atoms with E-state index < -0.39 is 41.8 Å². The standard InChI is InChI=1S/C16H26N6O5S/c1-28-5-4-10(17)14(24)21-11(2-3-13(18)23)15(25)22-12(16(26)27)6-9-7-19-8-20-9/h7-8,10-12H,2-6,17H2,1H3,(H2,18,23)(H,19,20)(H,21,24)(H,22,25)(H,26,27)/t10-,11-,12-/m0/s1. The van der Waals surface area contributed by atoms with Gasteiger partial charge in [0.25, 0.3) is 0 Å². The zero-order valence-electron chi connectivity index (χ0n) is 15.5. The van der Waals surface area contributed by atoms with E-state index in [-0.39, 0.29) is 19.3 Å². The molecule has 0 spiro atoms. The predicted octanol–water partition coefficient (Wildman–Crippen LogP) is -1.65. The minimum Gasteiger partial charge on any atom is -0.480 e. The molecule has 0 aliphatic carbocycles. The maximum absolute atomic E-state index is 12.6. The monoisotopic (exact) mass is 414 g/mol. The number of carbonyl (C=O) groups is 4. The van der Waals surface area contributed by atoms with Crippen molar-refractivity contribution in [1.29, 1.82) is 0 Å². The van der Waals surface area contributed by atoms with Gasteiger partial charge in [0.2, 0.25) is 17.7 Å². The second kappa shape index (κ2) is 12.0. The summed E-state index contributed by atoms with van der Waals surface area (Å²) in [6.45, 7) is 0. The lowest BCUT2D eigenvalue weighted by atomic mass is 10.1. The van der Waals surface area contributed by atoms with Gasteiger partial charge < -0.3 is 32.2 Å². The summed E-state index contributed by atoms with van der Waals surface area (Å²) in [4.78, 5) is 53.9. The number of aromatic nitrogens is 2. The Morgan fingerprint density at radius 1 is 1.21 bits per heavy atom. The van der Waals surface area contributed by atoms with Crippen molar-refractivity contribution in [2.45, 2.75) is 43.8 Å². The number of hydrogen-bond donors (Lipinski definition) is 6. The quantitative estimate of drug-likeness (QED) is 0.221. The van der Waals surface area contributed by atoms with Crippen LogP contribution in [0.5, 0.6) is 0 Å². The topological polar surface area (TPSA) is 193 Å². The second-order valence-electron chi connectivity index (χ2n) is 6.13. The van der Waals surface area contributed by atoms with Gasteiger partial charge in [0.1, 0.15) is 12.1 Å². The van der Waals surface area contributed by atoms with Crippen LogP contribution in [0.3, 0.4) is 0 Å². The molecule has 0 aliphatic heterocycles. The number of imidazole rings is 1. The summed E-state index contributed by atoms with van der Waals surface area (Å²) in [6, 6.07) is -3.20. The van der Waals surface area contributed by atoms with Crippen LogP contribution in [-0.2, 0) is 25.6 Å². The Labute approximate surface area is 166 Å². The Bertz CT molecular complexity index is 668. The highest BCUT2D eigenvalue weighted by Gasteiger charge is 2.28. The van der Waals surface area contributed by atoms with Gasteiger partial charge in [-0.25, -0.2) is 9.78 Å². The van der Waals surface area contributed by atoms with Crippen LogP contribution in [0, 0.1) is 0 Å². The van der Waals surface area contributed by atoms with Crippen molar-refractivity contribution >= 4 is 35.5 Å². The SMILES string of the molecule is CSCC[C@H](N)C(=O)N[C@@H](CCC(N)=O)C(=O)N[C@@H](Cc1cnc[nH]1)C(=O)O. The summed E-state index contributed by atoms with van der Waals surface area (Å²) in [6.07, 6.45) is 4.87.